The van der Waals surface area contributed by atoms with Gasteiger partial charge in [0.2, 0.25) is 0 Å². The molecule has 1 aliphatic carbocycles. The quantitative estimate of drug-likeness (QED) is 0.782. The summed E-state index contributed by atoms with van der Waals surface area (Å²) in [5.74, 6) is 2.61. The summed E-state index contributed by atoms with van der Waals surface area (Å²) in [5.41, 5.74) is 4.39. The summed E-state index contributed by atoms with van der Waals surface area (Å²) in [6.45, 7) is 6.90. The molecule has 1 fully saturated rings. The number of fused-ring (bicyclic) bond motifs is 2. The molecule has 2 aromatic rings. The SMILES string of the molecule is c1ccc2c(c1)CCC2CCCN1CCN(c2cccc3c2OCCO3)CC1. The van der Waals surface area contributed by atoms with Crippen LogP contribution in [0.5, 0.6) is 11.5 Å². The van der Waals surface area contributed by atoms with Crippen LogP contribution in [0.4, 0.5) is 5.69 Å². The first kappa shape index (κ1) is 17.9. The summed E-state index contributed by atoms with van der Waals surface area (Å²) in [7, 11) is 0. The minimum Gasteiger partial charge on any atom is -0.486 e. The van der Waals surface area contributed by atoms with Crippen LogP contribution >= 0.6 is 0 Å². The number of anilines is 1. The molecule has 148 valence electrons. The van der Waals surface area contributed by atoms with Gasteiger partial charge in [0, 0.05) is 26.2 Å². The van der Waals surface area contributed by atoms with Crippen molar-refractivity contribution in [3.05, 3.63) is 53.6 Å². The smallest absolute Gasteiger partial charge is 0.184 e. The Hall–Kier alpha value is -2.20. The van der Waals surface area contributed by atoms with Gasteiger partial charge in [0.1, 0.15) is 13.2 Å². The Bertz CT molecular complexity index is 814. The largest absolute Gasteiger partial charge is 0.486 e. The fourth-order valence-corrected chi connectivity index (χ4v) is 5.03. The van der Waals surface area contributed by atoms with Crippen molar-refractivity contribution in [2.75, 3.05) is 50.8 Å². The highest BCUT2D eigenvalue weighted by molar-refractivity contribution is 5.65. The van der Waals surface area contributed by atoms with E-state index >= 15 is 0 Å². The lowest BCUT2D eigenvalue weighted by Crippen LogP contribution is -2.46. The molecule has 0 N–H and O–H groups in total. The third kappa shape index (κ3) is 3.58. The lowest BCUT2D eigenvalue weighted by molar-refractivity contribution is 0.171. The first-order valence-corrected chi connectivity index (χ1v) is 10.8. The van der Waals surface area contributed by atoms with Crippen LogP contribution in [0.3, 0.4) is 0 Å². The first-order chi connectivity index (χ1) is 13.9. The van der Waals surface area contributed by atoms with E-state index in [9.17, 15) is 0 Å². The number of hydrogen-bond donors (Lipinski definition) is 0. The average Bonchev–Trinajstić information content (AvgIpc) is 3.17. The zero-order chi connectivity index (χ0) is 18.8. The first-order valence-electron chi connectivity index (χ1n) is 10.8. The van der Waals surface area contributed by atoms with Crippen molar-refractivity contribution >= 4 is 5.69 Å². The van der Waals surface area contributed by atoms with Crippen molar-refractivity contribution in [2.24, 2.45) is 0 Å². The minimum absolute atomic E-state index is 0.647. The number of benzene rings is 2. The van der Waals surface area contributed by atoms with Gasteiger partial charge in [-0.3, -0.25) is 4.90 Å². The number of para-hydroxylation sites is 1. The predicted octanol–water partition coefficient (Wildman–Crippen LogP) is 4.09. The lowest BCUT2D eigenvalue weighted by atomic mass is 9.96. The molecular formula is C24H30N2O2. The monoisotopic (exact) mass is 378 g/mol. The molecule has 0 radical (unpaired) electrons. The number of piperazine rings is 1. The number of nitrogens with zero attached hydrogens (tertiary/aromatic N) is 2. The Kier molecular flexibility index (Phi) is 5.13. The van der Waals surface area contributed by atoms with E-state index < -0.39 is 0 Å². The zero-order valence-corrected chi connectivity index (χ0v) is 16.6. The summed E-state index contributed by atoms with van der Waals surface area (Å²) >= 11 is 0. The summed E-state index contributed by atoms with van der Waals surface area (Å²) in [4.78, 5) is 5.08. The van der Waals surface area contributed by atoms with Gasteiger partial charge in [0.15, 0.2) is 11.5 Å². The topological polar surface area (TPSA) is 24.9 Å². The van der Waals surface area contributed by atoms with Crippen molar-refractivity contribution in [3.8, 4) is 11.5 Å². The number of aryl methyl sites for hydroxylation is 1. The number of rotatable bonds is 5. The lowest BCUT2D eigenvalue weighted by Gasteiger charge is -2.37. The highest BCUT2D eigenvalue weighted by Gasteiger charge is 2.24. The van der Waals surface area contributed by atoms with E-state index in [1.54, 1.807) is 11.1 Å². The molecule has 1 atom stereocenters. The fourth-order valence-electron chi connectivity index (χ4n) is 5.03. The molecule has 0 spiro atoms. The Morgan fingerprint density at radius 2 is 1.75 bits per heavy atom. The van der Waals surface area contributed by atoms with Gasteiger partial charge in [-0.25, -0.2) is 0 Å². The molecule has 4 nitrogen and oxygen atoms in total. The molecule has 4 heteroatoms. The van der Waals surface area contributed by atoms with Crippen molar-refractivity contribution in [3.63, 3.8) is 0 Å². The summed E-state index contributed by atoms with van der Waals surface area (Å²) in [5, 5.41) is 0. The maximum absolute atomic E-state index is 5.90. The molecule has 0 bridgehead atoms. The summed E-state index contributed by atoms with van der Waals surface area (Å²) < 4.78 is 11.6. The van der Waals surface area contributed by atoms with Gasteiger partial charge >= 0.3 is 0 Å². The third-order valence-electron chi connectivity index (χ3n) is 6.54. The molecule has 2 aromatic carbocycles. The molecule has 2 heterocycles. The molecule has 1 saturated heterocycles. The van der Waals surface area contributed by atoms with E-state index in [2.05, 4.69) is 46.2 Å². The van der Waals surface area contributed by atoms with E-state index in [1.165, 1.54) is 37.9 Å². The zero-order valence-electron chi connectivity index (χ0n) is 16.6. The maximum atomic E-state index is 5.90. The highest BCUT2D eigenvalue weighted by atomic mass is 16.6. The maximum Gasteiger partial charge on any atom is 0.184 e. The van der Waals surface area contributed by atoms with Crippen LogP contribution in [0.2, 0.25) is 0 Å². The van der Waals surface area contributed by atoms with E-state index in [0.29, 0.717) is 13.2 Å². The number of ether oxygens (including phenoxy) is 2. The van der Waals surface area contributed by atoms with Gasteiger partial charge in [-0.1, -0.05) is 30.3 Å². The molecule has 1 unspecified atom stereocenters. The molecule has 3 aliphatic rings. The van der Waals surface area contributed by atoms with Crippen LogP contribution in [0.25, 0.3) is 0 Å². The summed E-state index contributed by atoms with van der Waals surface area (Å²) in [6, 6.07) is 15.3. The molecule has 0 amide bonds. The van der Waals surface area contributed by atoms with Gasteiger partial charge in [-0.15, -0.1) is 0 Å². The molecule has 2 aliphatic heterocycles. The predicted molar refractivity (Wildman–Crippen MR) is 113 cm³/mol. The molecular weight excluding hydrogens is 348 g/mol. The van der Waals surface area contributed by atoms with E-state index in [1.807, 2.05) is 6.07 Å². The van der Waals surface area contributed by atoms with Crippen LogP contribution < -0.4 is 14.4 Å². The number of hydrogen-bond acceptors (Lipinski definition) is 4. The van der Waals surface area contributed by atoms with Crippen molar-refractivity contribution in [1.82, 2.24) is 4.90 Å². The van der Waals surface area contributed by atoms with Crippen LogP contribution in [0, 0.1) is 0 Å². The van der Waals surface area contributed by atoms with Gasteiger partial charge < -0.3 is 14.4 Å². The molecule has 5 rings (SSSR count). The third-order valence-corrected chi connectivity index (χ3v) is 6.54. The van der Waals surface area contributed by atoms with E-state index in [0.717, 1.165) is 43.6 Å². The van der Waals surface area contributed by atoms with Crippen LogP contribution in [-0.2, 0) is 6.42 Å². The van der Waals surface area contributed by atoms with Gasteiger partial charge in [0.25, 0.3) is 0 Å². The van der Waals surface area contributed by atoms with Gasteiger partial charge in [0.05, 0.1) is 5.69 Å². The average molecular weight is 379 g/mol. The fraction of sp³-hybridized carbons (Fsp3) is 0.500. The van der Waals surface area contributed by atoms with Crippen LogP contribution in [-0.4, -0.2) is 50.8 Å². The van der Waals surface area contributed by atoms with Crippen LogP contribution in [0.1, 0.15) is 36.3 Å². The molecule has 0 saturated carbocycles. The Labute approximate surface area is 168 Å². The second-order valence-corrected chi connectivity index (χ2v) is 8.21. The van der Waals surface area contributed by atoms with Crippen molar-refractivity contribution < 1.29 is 9.47 Å². The Balaban J connectivity index is 1.12. The van der Waals surface area contributed by atoms with Crippen molar-refractivity contribution in [2.45, 2.75) is 31.6 Å². The minimum atomic E-state index is 0.647. The van der Waals surface area contributed by atoms with E-state index in [4.69, 9.17) is 9.47 Å². The normalized spacial score (nSPS) is 21.6. The standard InChI is InChI=1S/C24H30N2O2/c1-2-7-21-19(5-1)10-11-20(21)6-4-12-25-13-15-26(16-14-25)22-8-3-9-23-24(22)28-18-17-27-23/h1-3,5,7-9,20H,4,6,10-18H2. The van der Waals surface area contributed by atoms with Gasteiger partial charge in [-0.2, -0.15) is 0 Å². The second-order valence-electron chi connectivity index (χ2n) is 8.21. The Morgan fingerprint density at radius 3 is 2.68 bits per heavy atom. The summed E-state index contributed by atoms with van der Waals surface area (Å²) in [6.07, 6.45) is 5.24. The highest BCUT2D eigenvalue weighted by Crippen LogP contribution is 2.40. The van der Waals surface area contributed by atoms with Gasteiger partial charge in [-0.05, 0) is 61.4 Å². The molecule has 28 heavy (non-hydrogen) atoms. The second kappa shape index (κ2) is 8.04. The molecule has 0 aromatic heterocycles. The van der Waals surface area contributed by atoms with E-state index in [-0.39, 0.29) is 0 Å². The van der Waals surface area contributed by atoms with Crippen LogP contribution in [0.15, 0.2) is 42.5 Å². The van der Waals surface area contributed by atoms with Crippen molar-refractivity contribution in [1.29, 1.82) is 0 Å². The Morgan fingerprint density at radius 1 is 0.893 bits per heavy atom.